The van der Waals surface area contributed by atoms with Crippen LogP contribution in [0.2, 0.25) is 0 Å². The molecule has 168 valence electrons. The molecule has 3 heterocycles. The second-order valence-electron chi connectivity index (χ2n) is 8.38. The first-order chi connectivity index (χ1) is 16.1. The van der Waals surface area contributed by atoms with Gasteiger partial charge in [-0.2, -0.15) is 0 Å². The minimum Gasteiger partial charge on any atom is -0.459 e. The van der Waals surface area contributed by atoms with Crippen LogP contribution in [0.15, 0.2) is 77.4 Å². The molecule has 33 heavy (non-hydrogen) atoms. The van der Waals surface area contributed by atoms with Crippen LogP contribution in [-0.2, 0) is 17.8 Å². The third-order valence-electron chi connectivity index (χ3n) is 6.43. The molecule has 3 amide bonds. The van der Waals surface area contributed by atoms with E-state index in [1.807, 2.05) is 42.5 Å². The van der Waals surface area contributed by atoms with Crippen LogP contribution >= 0.6 is 0 Å². The topological polar surface area (TPSA) is 74.1 Å². The van der Waals surface area contributed by atoms with Gasteiger partial charge in [-0.3, -0.25) is 14.4 Å². The molecule has 0 radical (unpaired) electrons. The fraction of sp³-hybridized carbons (Fsp3) is 0.269. The predicted molar refractivity (Wildman–Crippen MR) is 121 cm³/mol. The average Bonchev–Trinajstić information content (AvgIpc) is 3.42. The van der Waals surface area contributed by atoms with Gasteiger partial charge in [0.25, 0.3) is 11.8 Å². The minimum absolute atomic E-state index is 0.0242. The van der Waals surface area contributed by atoms with Crippen molar-refractivity contribution in [2.75, 3.05) is 26.2 Å². The number of nitrogens with zero attached hydrogens (tertiary/aromatic N) is 3. The van der Waals surface area contributed by atoms with E-state index in [4.69, 9.17) is 4.42 Å². The zero-order valence-electron chi connectivity index (χ0n) is 18.2. The molecule has 7 nitrogen and oxygen atoms in total. The Labute approximate surface area is 192 Å². The number of rotatable bonds is 3. The number of amides is 3. The zero-order chi connectivity index (χ0) is 22.8. The number of fused-ring (bicyclic) bond motifs is 1. The van der Waals surface area contributed by atoms with E-state index in [-0.39, 0.29) is 23.5 Å². The molecule has 0 bridgehead atoms. The first-order valence-electron chi connectivity index (χ1n) is 11.2. The summed E-state index contributed by atoms with van der Waals surface area (Å²) in [5.41, 5.74) is 2.77. The molecule has 2 aliphatic rings. The Balaban J connectivity index is 1.32. The fourth-order valence-electron chi connectivity index (χ4n) is 4.60. The molecule has 2 aromatic carbocycles. The van der Waals surface area contributed by atoms with Crippen molar-refractivity contribution >= 4 is 17.7 Å². The second-order valence-corrected chi connectivity index (χ2v) is 8.38. The summed E-state index contributed by atoms with van der Waals surface area (Å²) in [6.07, 6.45) is 1.93. The van der Waals surface area contributed by atoms with E-state index in [9.17, 15) is 14.4 Å². The van der Waals surface area contributed by atoms with Gasteiger partial charge in [0.2, 0.25) is 5.91 Å². The molecule has 7 heteroatoms. The first kappa shape index (κ1) is 21.0. The molecular formula is C26H25N3O4. The highest BCUT2D eigenvalue weighted by Crippen LogP contribution is 2.27. The number of hydrogen-bond acceptors (Lipinski definition) is 4. The van der Waals surface area contributed by atoms with Crippen LogP contribution in [0.5, 0.6) is 0 Å². The van der Waals surface area contributed by atoms with Crippen LogP contribution in [-0.4, -0.2) is 64.6 Å². The van der Waals surface area contributed by atoms with Crippen molar-refractivity contribution in [3.8, 4) is 0 Å². The Hall–Kier alpha value is -3.87. The molecule has 1 saturated heterocycles. The molecule has 1 aromatic heterocycles. The fourth-order valence-corrected chi connectivity index (χ4v) is 4.60. The summed E-state index contributed by atoms with van der Waals surface area (Å²) in [4.78, 5) is 44.7. The molecule has 0 aliphatic carbocycles. The quantitative estimate of drug-likeness (QED) is 0.624. The number of piperazine rings is 1. The van der Waals surface area contributed by atoms with E-state index >= 15 is 0 Å². The number of hydrogen-bond donors (Lipinski definition) is 0. The van der Waals surface area contributed by atoms with E-state index < -0.39 is 6.04 Å². The number of carbonyl (C=O) groups is 3. The summed E-state index contributed by atoms with van der Waals surface area (Å²) in [6, 6.07) is 19.8. The predicted octanol–water partition coefficient (Wildman–Crippen LogP) is 2.83. The van der Waals surface area contributed by atoms with Gasteiger partial charge in [-0.1, -0.05) is 42.5 Å². The zero-order valence-corrected chi connectivity index (χ0v) is 18.2. The van der Waals surface area contributed by atoms with Crippen molar-refractivity contribution < 1.29 is 18.8 Å². The van der Waals surface area contributed by atoms with Gasteiger partial charge in [0.15, 0.2) is 5.76 Å². The smallest absolute Gasteiger partial charge is 0.290 e. The van der Waals surface area contributed by atoms with E-state index in [0.717, 1.165) is 11.1 Å². The number of furan rings is 1. The summed E-state index contributed by atoms with van der Waals surface area (Å²) >= 11 is 0. The maximum atomic E-state index is 13.6. The van der Waals surface area contributed by atoms with Crippen molar-refractivity contribution in [3.05, 3.63) is 95.4 Å². The SMILES string of the molecule is O=C(c1ccccc1)N1CCN(C(=O)C2Cc3ccccc3CN2C(=O)c2ccco2)CC1. The van der Waals surface area contributed by atoms with Gasteiger partial charge >= 0.3 is 0 Å². The van der Waals surface area contributed by atoms with Crippen LogP contribution in [0, 0.1) is 0 Å². The highest BCUT2D eigenvalue weighted by Gasteiger charge is 2.39. The maximum Gasteiger partial charge on any atom is 0.290 e. The molecule has 5 rings (SSSR count). The lowest BCUT2D eigenvalue weighted by Crippen LogP contribution is -2.58. The van der Waals surface area contributed by atoms with Gasteiger partial charge < -0.3 is 19.1 Å². The molecular weight excluding hydrogens is 418 g/mol. The van der Waals surface area contributed by atoms with Crippen LogP contribution in [0.25, 0.3) is 0 Å². The first-order valence-corrected chi connectivity index (χ1v) is 11.2. The Morgan fingerprint density at radius 1 is 0.727 bits per heavy atom. The molecule has 1 fully saturated rings. The summed E-state index contributed by atoms with van der Waals surface area (Å²) in [6.45, 7) is 2.18. The third kappa shape index (κ3) is 4.14. The molecule has 0 N–H and O–H groups in total. The molecule has 1 atom stereocenters. The van der Waals surface area contributed by atoms with Crippen LogP contribution in [0.3, 0.4) is 0 Å². The molecule has 0 saturated carbocycles. The number of carbonyl (C=O) groups excluding carboxylic acids is 3. The van der Waals surface area contributed by atoms with Gasteiger partial charge in [0.1, 0.15) is 6.04 Å². The van der Waals surface area contributed by atoms with Crippen molar-refractivity contribution in [1.29, 1.82) is 0 Å². The van der Waals surface area contributed by atoms with Gasteiger partial charge in [0, 0.05) is 44.7 Å². The standard InChI is InChI=1S/C26H25N3O4/c30-24(19-7-2-1-3-8-19)27-12-14-28(15-13-27)25(31)22-17-20-9-4-5-10-21(20)18-29(22)26(32)23-11-6-16-33-23/h1-11,16,22H,12-15,17-18H2. The van der Waals surface area contributed by atoms with Crippen LogP contribution in [0.4, 0.5) is 0 Å². The Morgan fingerprint density at radius 3 is 2.09 bits per heavy atom. The lowest BCUT2D eigenvalue weighted by Gasteiger charge is -2.41. The largest absolute Gasteiger partial charge is 0.459 e. The summed E-state index contributed by atoms with van der Waals surface area (Å²) in [7, 11) is 0. The van der Waals surface area contributed by atoms with Crippen molar-refractivity contribution in [1.82, 2.24) is 14.7 Å². The molecule has 0 spiro atoms. The van der Waals surface area contributed by atoms with Crippen molar-refractivity contribution in [3.63, 3.8) is 0 Å². The third-order valence-corrected chi connectivity index (χ3v) is 6.43. The van der Waals surface area contributed by atoms with E-state index in [1.54, 1.807) is 39.0 Å². The van der Waals surface area contributed by atoms with Gasteiger partial charge in [-0.25, -0.2) is 0 Å². The summed E-state index contributed by atoms with van der Waals surface area (Å²) in [5, 5.41) is 0. The maximum absolute atomic E-state index is 13.6. The number of benzene rings is 2. The second kappa shape index (κ2) is 8.94. The highest BCUT2D eigenvalue weighted by molar-refractivity contribution is 5.96. The lowest BCUT2D eigenvalue weighted by atomic mass is 9.92. The Kier molecular flexibility index (Phi) is 5.69. The molecule has 2 aliphatic heterocycles. The van der Waals surface area contributed by atoms with Crippen LogP contribution < -0.4 is 0 Å². The minimum atomic E-state index is -0.603. The Bertz CT molecular complexity index is 1150. The Morgan fingerprint density at radius 2 is 1.39 bits per heavy atom. The van der Waals surface area contributed by atoms with Gasteiger partial charge in [0.05, 0.1) is 6.26 Å². The summed E-state index contributed by atoms with van der Waals surface area (Å²) < 4.78 is 5.33. The highest BCUT2D eigenvalue weighted by atomic mass is 16.3. The van der Waals surface area contributed by atoms with E-state index in [1.165, 1.54) is 6.26 Å². The van der Waals surface area contributed by atoms with Gasteiger partial charge in [-0.15, -0.1) is 0 Å². The monoisotopic (exact) mass is 443 g/mol. The summed E-state index contributed by atoms with van der Waals surface area (Å²) in [5.74, 6) is -0.170. The lowest BCUT2D eigenvalue weighted by molar-refractivity contribution is -0.138. The average molecular weight is 444 g/mol. The van der Waals surface area contributed by atoms with Crippen LogP contribution in [0.1, 0.15) is 32.0 Å². The van der Waals surface area contributed by atoms with E-state index in [0.29, 0.717) is 44.7 Å². The molecule has 3 aromatic rings. The molecule has 1 unspecified atom stereocenters. The van der Waals surface area contributed by atoms with Crippen molar-refractivity contribution in [2.45, 2.75) is 19.0 Å². The van der Waals surface area contributed by atoms with Crippen molar-refractivity contribution in [2.24, 2.45) is 0 Å². The van der Waals surface area contributed by atoms with E-state index in [2.05, 4.69) is 0 Å². The normalized spacial score (nSPS) is 18.1. The van der Waals surface area contributed by atoms with Gasteiger partial charge in [-0.05, 0) is 35.4 Å².